The topological polar surface area (TPSA) is 138 Å². The summed E-state index contributed by atoms with van der Waals surface area (Å²) in [5.41, 5.74) is 7.65. The number of rotatable bonds is 34. The highest BCUT2D eigenvalue weighted by atomic mass is 16.6. The smallest absolute Gasteiger partial charge is 0.408 e. The van der Waals surface area contributed by atoms with Crippen molar-refractivity contribution in [3.63, 3.8) is 0 Å². The number of carbonyl (C=O) groups is 2. The molecular formula is C57H83N4O10+. The van der Waals surface area contributed by atoms with E-state index in [1.807, 2.05) is 0 Å². The van der Waals surface area contributed by atoms with Crippen LogP contribution in [0.25, 0.3) is 0 Å². The van der Waals surface area contributed by atoms with Gasteiger partial charge < -0.3 is 53.4 Å². The minimum Gasteiger partial charge on any atom is -0.433 e. The molecule has 0 saturated carbocycles. The monoisotopic (exact) mass is 984 g/mol. The van der Waals surface area contributed by atoms with Crippen molar-refractivity contribution in [3.05, 3.63) is 95.7 Å². The summed E-state index contributed by atoms with van der Waals surface area (Å²) in [5, 5.41) is 5.68. The number of amides is 2. The van der Waals surface area contributed by atoms with Gasteiger partial charge in [0.25, 0.3) is 0 Å². The number of hydrogen-bond donors (Lipinski definition) is 2. The van der Waals surface area contributed by atoms with Crippen molar-refractivity contribution in [2.75, 3.05) is 124 Å². The fraction of sp³-hybridized carbons (Fsp3) is 0.596. The average molecular weight is 984 g/mol. The van der Waals surface area contributed by atoms with Gasteiger partial charge in [0, 0.05) is 67.0 Å². The molecule has 71 heavy (non-hydrogen) atoms. The molecule has 2 aromatic rings. The Morgan fingerprint density at radius 2 is 1.24 bits per heavy atom. The van der Waals surface area contributed by atoms with E-state index in [1.54, 1.807) is 0 Å². The molecule has 14 nitrogen and oxygen atoms in total. The standard InChI is InChI=1S/C57H82N4O10/c1-56(2)48-23-16-18-25-50(48)60(5)52(56)27-13-9-14-28-53-57(3,4)49-24-17-19-26-51(49)61(53)32-20-10-15-29-54(62)58-30-33-64-35-37-66-39-41-68-43-45-70-46-44-69-42-40-67-38-36-65-34-31-59-55(63)71-47-21-11-7-6-8-12-22-47/h9,13-14,16-19,23-28,47H,6-8,10-11,15,20-21,29-46H2,1-5H3,(H-,58,59,62,63)/p+1. The Bertz CT molecular complexity index is 2100. The molecule has 0 saturated heterocycles. The van der Waals surface area contributed by atoms with Gasteiger partial charge in [-0.1, -0.05) is 93.2 Å². The number of nitrogens with zero attached hydrogens (tertiary/aromatic N) is 2. The molecule has 1 atom stereocenters. The molecule has 0 radical (unpaired) electrons. The molecule has 1 aliphatic carbocycles. The first-order valence-corrected chi connectivity index (χ1v) is 26.0. The largest absolute Gasteiger partial charge is 0.433 e. The Balaban J connectivity index is 0.785. The van der Waals surface area contributed by atoms with E-state index in [1.165, 1.54) is 33.9 Å². The molecule has 0 spiro atoms. The van der Waals surface area contributed by atoms with Crippen LogP contribution in [0, 0.1) is 11.8 Å². The zero-order chi connectivity index (χ0) is 50.4. The molecule has 3 aliphatic rings. The van der Waals surface area contributed by atoms with Gasteiger partial charge in [-0.15, -0.1) is 0 Å². The lowest BCUT2D eigenvalue weighted by Gasteiger charge is -2.27. The summed E-state index contributed by atoms with van der Waals surface area (Å²) in [6.45, 7) is 17.3. The second kappa shape index (κ2) is 32.3. The number of carbonyl (C=O) groups excluding carboxylic acids is 2. The Hall–Kier alpha value is -4.85. The van der Waals surface area contributed by atoms with E-state index in [0.29, 0.717) is 112 Å². The summed E-state index contributed by atoms with van der Waals surface area (Å²) in [6, 6.07) is 17.4. The third-order valence-electron chi connectivity index (χ3n) is 12.9. The molecule has 5 rings (SSSR count). The third-order valence-corrected chi connectivity index (χ3v) is 12.9. The van der Waals surface area contributed by atoms with Crippen molar-refractivity contribution < 1.29 is 52.1 Å². The van der Waals surface area contributed by atoms with Crippen molar-refractivity contribution >= 4 is 29.1 Å². The van der Waals surface area contributed by atoms with E-state index >= 15 is 0 Å². The molecule has 0 aromatic heterocycles. The zero-order valence-electron chi connectivity index (χ0n) is 43.4. The normalized spacial score (nSPS) is 17.6. The first-order valence-electron chi connectivity index (χ1n) is 26.0. The van der Waals surface area contributed by atoms with Gasteiger partial charge in [0.15, 0.2) is 11.8 Å². The number of fused-ring (bicyclic) bond motifs is 2. The summed E-state index contributed by atoms with van der Waals surface area (Å²) in [6.07, 6.45) is 18.4. The summed E-state index contributed by atoms with van der Waals surface area (Å²) in [7, 11) is 2.15. The highest BCUT2D eigenvalue weighted by molar-refractivity contribution is 6.03. The average Bonchev–Trinajstić information content (AvgIpc) is 3.68. The van der Waals surface area contributed by atoms with Crippen LogP contribution in [0.3, 0.4) is 0 Å². The van der Waals surface area contributed by atoms with E-state index in [-0.39, 0.29) is 22.8 Å². The third kappa shape index (κ3) is 19.6. The minimum absolute atomic E-state index is 0.0504. The maximum atomic E-state index is 12.5. The van der Waals surface area contributed by atoms with E-state index in [4.69, 9.17) is 37.9 Å². The predicted molar refractivity (Wildman–Crippen MR) is 280 cm³/mol. The van der Waals surface area contributed by atoms with Gasteiger partial charge in [-0.05, 0) is 63.7 Å². The van der Waals surface area contributed by atoms with Gasteiger partial charge in [0.2, 0.25) is 11.6 Å². The highest BCUT2D eigenvalue weighted by Crippen LogP contribution is 2.47. The fourth-order valence-corrected chi connectivity index (χ4v) is 9.01. The molecular weight excluding hydrogens is 901 g/mol. The summed E-state index contributed by atoms with van der Waals surface area (Å²) in [4.78, 5) is 26.9. The van der Waals surface area contributed by atoms with Crippen molar-refractivity contribution in [3.8, 4) is 11.8 Å². The van der Waals surface area contributed by atoms with Crippen molar-refractivity contribution in [1.29, 1.82) is 0 Å². The SMILES string of the molecule is C[N+]1=C(/C=C/C=C/C=C2\N(CCCCCC(=O)NCCOCCOCCOCCOCCOCCOCCOCCNC(=O)OC3C#CCCCCC3)c3ccccc3C2(C)C)C(C)(C)c2ccccc21. The van der Waals surface area contributed by atoms with Crippen molar-refractivity contribution in [2.45, 2.75) is 102 Å². The van der Waals surface area contributed by atoms with Crippen LogP contribution in [0.15, 0.2) is 84.6 Å². The number of hydrogen-bond acceptors (Lipinski definition) is 11. The highest BCUT2D eigenvalue weighted by Gasteiger charge is 2.42. The van der Waals surface area contributed by atoms with Crippen LogP contribution in [-0.4, -0.2) is 148 Å². The van der Waals surface area contributed by atoms with Gasteiger partial charge >= 0.3 is 6.09 Å². The first kappa shape index (κ1) is 57.1. The molecule has 2 aromatic carbocycles. The number of para-hydroxylation sites is 2. The Kier molecular flexibility index (Phi) is 25.9. The van der Waals surface area contributed by atoms with Crippen LogP contribution in [0.1, 0.15) is 96.6 Å². The van der Waals surface area contributed by atoms with Crippen LogP contribution < -0.4 is 15.5 Å². The molecule has 390 valence electrons. The lowest BCUT2D eigenvalue weighted by Crippen LogP contribution is -2.31. The summed E-state index contributed by atoms with van der Waals surface area (Å²) >= 11 is 0. The fourth-order valence-electron chi connectivity index (χ4n) is 9.01. The molecule has 14 heteroatoms. The number of allylic oxidation sites excluding steroid dienone is 6. The summed E-state index contributed by atoms with van der Waals surface area (Å²) < 4.78 is 46.5. The van der Waals surface area contributed by atoms with Crippen LogP contribution in [0.4, 0.5) is 16.2 Å². The maximum Gasteiger partial charge on any atom is 0.408 e. The number of anilines is 1. The molecule has 2 amide bonds. The van der Waals surface area contributed by atoms with Gasteiger partial charge in [-0.25, -0.2) is 4.79 Å². The molecule has 0 fully saturated rings. The molecule has 1 unspecified atom stereocenters. The Morgan fingerprint density at radius 3 is 1.87 bits per heavy atom. The van der Waals surface area contributed by atoms with E-state index in [0.717, 1.165) is 57.9 Å². The van der Waals surface area contributed by atoms with E-state index in [2.05, 4.69) is 146 Å². The first-order chi connectivity index (χ1) is 34.6. The predicted octanol–water partition coefficient (Wildman–Crippen LogP) is 8.34. The van der Waals surface area contributed by atoms with Crippen molar-refractivity contribution in [2.24, 2.45) is 0 Å². The van der Waals surface area contributed by atoms with Gasteiger partial charge in [0.05, 0.1) is 97.9 Å². The molecule has 2 N–H and O–H groups in total. The minimum atomic E-state index is -0.457. The molecule has 0 bridgehead atoms. The number of benzene rings is 2. The number of alkyl carbamates (subject to hydrolysis) is 1. The molecule has 2 aliphatic heterocycles. The van der Waals surface area contributed by atoms with Crippen molar-refractivity contribution in [1.82, 2.24) is 10.6 Å². The van der Waals surface area contributed by atoms with Gasteiger partial charge in [-0.3, -0.25) is 4.79 Å². The lowest BCUT2D eigenvalue weighted by molar-refractivity contribution is -0.401. The molecule has 2 heterocycles. The van der Waals surface area contributed by atoms with E-state index < -0.39 is 6.09 Å². The quantitative estimate of drug-likeness (QED) is 0.0303. The summed E-state index contributed by atoms with van der Waals surface area (Å²) in [5.74, 6) is 6.15. The van der Waals surface area contributed by atoms with Crippen LogP contribution >= 0.6 is 0 Å². The zero-order valence-corrected chi connectivity index (χ0v) is 43.4. The Labute approximate surface area is 424 Å². The van der Waals surface area contributed by atoms with Gasteiger partial charge in [-0.2, -0.15) is 4.58 Å². The Morgan fingerprint density at radius 1 is 0.662 bits per heavy atom. The van der Waals surface area contributed by atoms with Gasteiger partial charge in [0.1, 0.15) is 7.05 Å². The van der Waals surface area contributed by atoms with Crippen LogP contribution in [0.2, 0.25) is 0 Å². The van der Waals surface area contributed by atoms with Crippen LogP contribution in [0.5, 0.6) is 0 Å². The second-order valence-electron chi connectivity index (χ2n) is 18.9. The maximum absolute atomic E-state index is 12.5. The van der Waals surface area contributed by atoms with E-state index in [9.17, 15) is 9.59 Å². The second-order valence-corrected chi connectivity index (χ2v) is 18.9. The number of nitrogens with one attached hydrogen (secondary N) is 2. The lowest BCUT2D eigenvalue weighted by atomic mass is 9.81. The number of ether oxygens (including phenoxy) is 8. The van der Waals surface area contributed by atoms with Crippen LogP contribution in [-0.2, 0) is 53.5 Å². The number of unbranched alkanes of at least 4 members (excludes halogenated alkanes) is 2.